The number of carboxylic acids is 1. The molecule has 0 amide bonds. The molecule has 0 saturated carbocycles. The van der Waals surface area contributed by atoms with Crippen LogP contribution in [0.1, 0.15) is 18.1 Å². The van der Waals surface area contributed by atoms with Gasteiger partial charge in [-0.15, -0.1) is 0 Å². The van der Waals surface area contributed by atoms with E-state index in [4.69, 9.17) is 5.11 Å². The summed E-state index contributed by atoms with van der Waals surface area (Å²) in [6.45, 7) is 2.07. The Morgan fingerprint density at radius 1 is 1.11 bits per heavy atom. The van der Waals surface area contributed by atoms with Gasteiger partial charge in [0.2, 0.25) is 0 Å². The molecule has 0 unspecified atom stereocenters. The topological polar surface area (TPSA) is 37.3 Å². The second-order valence-electron chi connectivity index (χ2n) is 4.30. The summed E-state index contributed by atoms with van der Waals surface area (Å²) in [6.07, 6.45) is 3.70. The fraction of sp³-hybridized carbons (Fsp3) is 0.118. The van der Waals surface area contributed by atoms with Crippen LogP contribution in [0.5, 0.6) is 0 Å². The first-order chi connectivity index (χ1) is 9.20. The molecule has 2 aromatic carbocycles. The lowest BCUT2D eigenvalue weighted by molar-refractivity contribution is -0.131. The van der Waals surface area contributed by atoms with Crippen molar-refractivity contribution in [3.63, 3.8) is 0 Å². The maximum absolute atomic E-state index is 10.6. The molecule has 2 rings (SSSR count). The second-order valence-corrected chi connectivity index (χ2v) is 4.30. The number of carbonyl (C=O) groups is 1. The first kappa shape index (κ1) is 13.1. The molecule has 2 heteroatoms. The maximum atomic E-state index is 10.6. The van der Waals surface area contributed by atoms with Gasteiger partial charge in [0.25, 0.3) is 0 Å². The SMILES string of the molecule is CCc1cc(-c2ccccc2)ccc1C=CC(=O)O. The summed E-state index contributed by atoms with van der Waals surface area (Å²) in [6, 6.07) is 16.3. The summed E-state index contributed by atoms with van der Waals surface area (Å²) in [5, 5.41) is 8.68. The lowest BCUT2D eigenvalue weighted by atomic mass is 9.97. The molecule has 0 fully saturated rings. The van der Waals surface area contributed by atoms with Crippen LogP contribution >= 0.6 is 0 Å². The van der Waals surface area contributed by atoms with Crippen LogP contribution in [-0.2, 0) is 11.2 Å². The highest BCUT2D eigenvalue weighted by atomic mass is 16.4. The molecule has 19 heavy (non-hydrogen) atoms. The normalized spacial score (nSPS) is 10.8. The van der Waals surface area contributed by atoms with Crippen molar-refractivity contribution in [1.29, 1.82) is 0 Å². The minimum atomic E-state index is -0.922. The van der Waals surface area contributed by atoms with Crippen LogP contribution in [0.25, 0.3) is 17.2 Å². The van der Waals surface area contributed by atoms with Crippen molar-refractivity contribution < 1.29 is 9.90 Å². The quantitative estimate of drug-likeness (QED) is 0.835. The highest BCUT2D eigenvalue weighted by Crippen LogP contribution is 2.23. The van der Waals surface area contributed by atoms with Gasteiger partial charge in [0.15, 0.2) is 0 Å². The van der Waals surface area contributed by atoms with Crippen LogP contribution in [-0.4, -0.2) is 11.1 Å². The monoisotopic (exact) mass is 252 g/mol. The van der Waals surface area contributed by atoms with E-state index in [0.29, 0.717) is 0 Å². The molecule has 0 aliphatic heterocycles. The molecular formula is C17H16O2. The Labute approximate surface area is 113 Å². The van der Waals surface area contributed by atoms with Crippen molar-refractivity contribution in [2.75, 3.05) is 0 Å². The van der Waals surface area contributed by atoms with Gasteiger partial charge >= 0.3 is 5.97 Å². The zero-order valence-corrected chi connectivity index (χ0v) is 10.8. The van der Waals surface area contributed by atoms with E-state index >= 15 is 0 Å². The van der Waals surface area contributed by atoms with Crippen molar-refractivity contribution in [3.8, 4) is 11.1 Å². The molecule has 0 aliphatic rings. The summed E-state index contributed by atoms with van der Waals surface area (Å²) in [4.78, 5) is 10.6. The molecule has 0 bridgehead atoms. The zero-order valence-electron chi connectivity index (χ0n) is 10.8. The Morgan fingerprint density at radius 2 is 1.84 bits per heavy atom. The number of hydrogen-bond acceptors (Lipinski definition) is 1. The Hall–Kier alpha value is -2.35. The smallest absolute Gasteiger partial charge is 0.328 e. The third-order valence-electron chi connectivity index (χ3n) is 3.04. The molecule has 96 valence electrons. The fourth-order valence-electron chi connectivity index (χ4n) is 2.05. The van der Waals surface area contributed by atoms with Crippen LogP contribution in [0.2, 0.25) is 0 Å². The predicted molar refractivity (Wildman–Crippen MR) is 77.9 cm³/mol. The van der Waals surface area contributed by atoms with E-state index in [9.17, 15) is 4.79 Å². The Kier molecular flexibility index (Phi) is 4.14. The molecule has 0 radical (unpaired) electrons. The average molecular weight is 252 g/mol. The number of aryl methyl sites for hydroxylation is 1. The van der Waals surface area contributed by atoms with E-state index in [1.54, 1.807) is 6.08 Å². The second kappa shape index (κ2) is 6.01. The lowest BCUT2D eigenvalue weighted by Gasteiger charge is -2.07. The highest BCUT2D eigenvalue weighted by molar-refractivity contribution is 5.85. The van der Waals surface area contributed by atoms with Gasteiger partial charge in [-0.2, -0.15) is 0 Å². The molecule has 0 aromatic heterocycles. The summed E-state index contributed by atoms with van der Waals surface area (Å²) >= 11 is 0. The number of rotatable bonds is 4. The van der Waals surface area contributed by atoms with Crippen molar-refractivity contribution in [3.05, 3.63) is 65.7 Å². The fourth-order valence-corrected chi connectivity index (χ4v) is 2.05. The summed E-state index contributed by atoms with van der Waals surface area (Å²) in [7, 11) is 0. The Bertz CT molecular complexity index is 598. The highest BCUT2D eigenvalue weighted by Gasteiger charge is 2.02. The van der Waals surface area contributed by atoms with Gasteiger partial charge in [-0.25, -0.2) is 4.79 Å². The van der Waals surface area contributed by atoms with Crippen molar-refractivity contribution in [2.45, 2.75) is 13.3 Å². The van der Waals surface area contributed by atoms with Crippen LogP contribution in [0.4, 0.5) is 0 Å². The minimum absolute atomic E-state index is 0.875. The number of hydrogen-bond donors (Lipinski definition) is 1. The van der Waals surface area contributed by atoms with Gasteiger partial charge in [-0.05, 0) is 34.8 Å². The molecule has 1 N–H and O–H groups in total. The summed E-state index contributed by atoms with van der Waals surface area (Å²) in [5.74, 6) is -0.922. The van der Waals surface area contributed by atoms with E-state index in [0.717, 1.165) is 23.1 Å². The van der Waals surface area contributed by atoms with Gasteiger partial charge in [-0.1, -0.05) is 55.5 Å². The van der Waals surface area contributed by atoms with E-state index < -0.39 is 5.97 Å². The van der Waals surface area contributed by atoms with E-state index in [2.05, 4.69) is 25.1 Å². The molecule has 2 nitrogen and oxygen atoms in total. The third-order valence-corrected chi connectivity index (χ3v) is 3.04. The maximum Gasteiger partial charge on any atom is 0.328 e. The number of benzene rings is 2. The van der Waals surface area contributed by atoms with Crippen LogP contribution < -0.4 is 0 Å². The van der Waals surface area contributed by atoms with Gasteiger partial charge in [0.05, 0.1) is 0 Å². The van der Waals surface area contributed by atoms with Crippen LogP contribution in [0, 0.1) is 0 Å². The first-order valence-electron chi connectivity index (χ1n) is 6.30. The van der Waals surface area contributed by atoms with Crippen molar-refractivity contribution >= 4 is 12.0 Å². The molecule has 2 aromatic rings. The van der Waals surface area contributed by atoms with E-state index in [-0.39, 0.29) is 0 Å². The molecule has 0 heterocycles. The van der Waals surface area contributed by atoms with Crippen molar-refractivity contribution in [2.24, 2.45) is 0 Å². The van der Waals surface area contributed by atoms with Gasteiger partial charge in [0.1, 0.15) is 0 Å². The molecule has 0 atom stereocenters. The van der Waals surface area contributed by atoms with Crippen LogP contribution in [0.15, 0.2) is 54.6 Å². The number of carboxylic acid groups (broad SMARTS) is 1. The van der Waals surface area contributed by atoms with Gasteiger partial charge in [0, 0.05) is 6.08 Å². The van der Waals surface area contributed by atoms with Gasteiger partial charge < -0.3 is 5.11 Å². The minimum Gasteiger partial charge on any atom is -0.478 e. The predicted octanol–water partition coefficient (Wildman–Crippen LogP) is 4.01. The zero-order chi connectivity index (χ0) is 13.7. The number of aliphatic carboxylic acids is 1. The summed E-state index contributed by atoms with van der Waals surface area (Å²) in [5.41, 5.74) is 4.44. The Morgan fingerprint density at radius 3 is 2.47 bits per heavy atom. The largest absolute Gasteiger partial charge is 0.478 e. The van der Waals surface area contributed by atoms with E-state index in [1.807, 2.05) is 30.3 Å². The molecular weight excluding hydrogens is 236 g/mol. The first-order valence-corrected chi connectivity index (χ1v) is 6.30. The van der Waals surface area contributed by atoms with Crippen molar-refractivity contribution in [1.82, 2.24) is 0 Å². The average Bonchev–Trinajstić information content (AvgIpc) is 2.45. The molecule has 0 saturated heterocycles. The Balaban J connectivity index is 2.39. The van der Waals surface area contributed by atoms with E-state index in [1.165, 1.54) is 11.6 Å². The molecule has 0 aliphatic carbocycles. The third kappa shape index (κ3) is 3.32. The standard InChI is InChI=1S/C17H16O2/c1-2-13-12-16(14-6-4-3-5-7-14)9-8-15(13)10-11-17(18)19/h3-12H,2H2,1H3,(H,18,19). The summed E-state index contributed by atoms with van der Waals surface area (Å²) < 4.78 is 0. The van der Waals surface area contributed by atoms with Crippen LogP contribution in [0.3, 0.4) is 0 Å². The van der Waals surface area contributed by atoms with Gasteiger partial charge in [-0.3, -0.25) is 0 Å². The molecule has 0 spiro atoms. The lowest BCUT2D eigenvalue weighted by Crippen LogP contribution is -1.90.